The zero-order valence-electron chi connectivity index (χ0n) is 31.3. The predicted molar refractivity (Wildman–Crippen MR) is 245 cm³/mol. The number of rotatable bonds is 6. The molecule has 0 aliphatic carbocycles. The van der Waals surface area contributed by atoms with Gasteiger partial charge in [0.1, 0.15) is 0 Å². The van der Waals surface area contributed by atoms with Crippen molar-refractivity contribution in [2.24, 2.45) is 0 Å². The zero-order chi connectivity index (χ0) is 37.7. The first-order valence-corrected chi connectivity index (χ1v) is 19.7. The van der Waals surface area contributed by atoms with E-state index in [2.05, 4.69) is 229 Å². The number of fused-ring (bicyclic) bond motifs is 7. The maximum atomic E-state index is 2.41. The van der Waals surface area contributed by atoms with Gasteiger partial charge in [-0.05, 0) is 124 Å². The quantitative estimate of drug-likeness (QED) is 0.154. The zero-order valence-corrected chi connectivity index (χ0v) is 31.3. The fourth-order valence-electron chi connectivity index (χ4n) is 8.78. The smallest absolute Gasteiger partial charge is 0.0540 e. The minimum absolute atomic E-state index is 1.10. The highest BCUT2D eigenvalue weighted by Crippen LogP contribution is 2.43. The first-order chi connectivity index (χ1) is 28.2. The highest BCUT2D eigenvalue weighted by atomic mass is 15.1. The molecule has 0 aliphatic heterocycles. The van der Waals surface area contributed by atoms with Crippen LogP contribution < -0.4 is 4.90 Å². The minimum atomic E-state index is 1.10. The molecule has 0 amide bonds. The molecule has 57 heavy (non-hydrogen) atoms. The summed E-state index contributed by atoms with van der Waals surface area (Å²) < 4.78 is 0. The third kappa shape index (κ3) is 5.80. The molecule has 0 aliphatic rings. The summed E-state index contributed by atoms with van der Waals surface area (Å²) in [5.41, 5.74) is 10.6. The maximum absolute atomic E-state index is 2.41. The van der Waals surface area contributed by atoms with Gasteiger partial charge in [0.2, 0.25) is 0 Å². The van der Waals surface area contributed by atoms with E-state index in [1.54, 1.807) is 0 Å². The van der Waals surface area contributed by atoms with Gasteiger partial charge >= 0.3 is 0 Å². The number of hydrogen-bond acceptors (Lipinski definition) is 1. The molecule has 0 radical (unpaired) electrons. The molecule has 0 atom stereocenters. The predicted octanol–water partition coefficient (Wildman–Crippen LogP) is 15.9. The second kappa shape index (κ2) is 13.7. The van der Waals surface area contributed by atoms with Gasteiger partial charge in [0.15, 0.2) is 0 Å². The van der Waals surface area contributed by atoms with E-state index in [1.165, 1.54) is 87.2 Å². The molecule has 0 heterocycles. The molecule has 11 rings (SSSR count). The van der Waals surface area contributed by atoms with E-state index in [1.807, 2.05) is 0 Å². The molecule has 11 aromatic rings. The Kier molecular flexibility index (Phi) is 7.89. The number of para-hydroxylation sites is 1. The van der Waals surface area contributed by atoms with E-state index >= 15 is 0 Å². The summed E-state index contributed by atoms with van der Waals surface area (Å²) in [6.07, 6.45) is 0. The third-order valence-electron chi connectivity index (χ3n) is 11.6. The lowest BCUT2D eigenvalue weighted by atomic mass is 9.93. The van der Waals surface area contributed by atoms with Gasteiger partial charge in [-0.3, -0.25) is 0 Å². The highest BCUT2D eigenvalue weighted by Gasteiger charge is 2.18. The van der Waals surface area contributed by atoms with Crippen LogP contribution >= 0.6 is 0 Å². The van der Waals surface area contributed by atoms with Gasteiger partial charge in [-0.2, -0.15) is 0 Å². The average Bonchev–Trinajstić information content (AvgIpc) is 3.29. The van der Waals surface area contributed by atoms with Gasteiger partial charge in [0, 0.05) is 16.9 Å². The van der Waals surface area contributed by atoms with E-state index in [9.17, 15) is 0 Å². The van der Waals surface area contributed by atoms with Gasteiger partial charge in [-0.15, -0.1) is 0 Å². The number of benzene rings is 11. The van der Waals surface area contributed by atoms with Crippen LogP contribution in [0.1, 0.15) is 0 Å². The van der Waals surface area contributed by atoms with Crippen molar-refractivity contribution in [2.45, 2.75) is 0 Å². The summed E-state index contributed by atoms with van der Waals surface area (Å²) in [6, 6.07) is 82.1. The Balaban J connectivity index is 1.06. The van der Waals surface area contributed by atoms with Crippen molar-refractivity contribution in [1.82, 2.24) is 0 Å². The molecule has 11 aromatic carbocycles. The minimum Gasteiger partial charge on any atom is -0.310 e. The fraction of sp³-hybridized carbons (Fsp3) is 0. The van der Waals surface area contributed by atoms with Crippen LogP contribution in [0.2, 0.25) is 0 Å². The molecule has 0 saturated carbocycles. The van der Waals surface area contributed by atoms with Gasteiger partial charge < -0.3 is 4.90 Å². The van der Waals surface area contributed by atoms with Gasteiger partial charge in [-0.25, -0.2) is 0 Å². The Bertz CT molecular complexity index is 3280. The van der Waals surface area contributed by atoms with Crippen LogP contribution in [0.4, 0.5) is 17.1 Å². The third-order valence-corrected chi connectivity index (χ3v) is 11.6. The molecule has 0 spiro atoms. The van der Waals surface area contributed by atoms with Crippen LogP contribution in [0.15, 0.2) is 224 Å². The first-order valence-electron chi connectivity index (χ1n) is 19.7. The van der Waals surface area contributed by atoms with Crippen molar-refractivity contribution in [2.75, 3.05) is 4.90 Å². The number of hydrogen-bond donors (Lipinski definition) is 0. The van der Waals surface area contributed by atoms with Crippen LogP contribution in [0.3, 0.4) is 0 Å². The second-order valence-corrected chi connectivity index (χ2v) is 14.9. The van der Waals surface area contributed by atoms with E-state index in [4.69, 9.17) is 0 Å². The molecule has 0 unspecified atom stereocenters. The van der Waals surface area contributed by atoms with Crippen molar-refractivity contribution in [3.05, 3.63) is 224 Å². The van der Waals surface area contributed by atoms with Crippen molar-refractivity contribution in [1.29, 1.82) is 0 Å². The standard InChI is InChI=1S/C56H37N/c1-2-11-40(12-3-1)52-17-8-9-20-55(52)57(48-32-30-42(31-33-48)51-19-10-15-39-13-4-6-16-50(39)51)49-34-29-38-21-27-45(35-47(38)36-49)46-28-24-43-23-26-44-25-22-41-14-5-7-18-53(41)56(44)54(43)37-46/h1-37H. The molecule has 0 saturated heterocycles. The Hall–Kier alpha value is -7.48. The van der Waals surface area contributed by atoms with Crippen molar-refractivity contribution >= 4 is 70.9 Å². The van der Waals surface area contributed by atoms with E-state index in [0.29, 0.717) is 0 Å². The Morgan fingerprint density at radius 3 is 1.60 bits per heavy atom. The summed E-state index contributed by atoms with van der Waals surface area (Å²) in [5.74, 6) is 0. The second-order valence-electron chi connectivity index (χ2n) is 14.9. The summed E-state index contributed by atoms with van der Waals surface area (Å²) >= 11 is 0. The lowest BCUT2D eigenvalue weighted by molar-refractivity contribution is 1.29. The Morgan fingerprint density at radius 1 is 0.246 bits per heavy atom. The van der Waals surface area contributed by atoms with Crippen LogP contribution in [-0.2, 0) is 0 Å². The van der Waals surface area contributed by atoms with E-state index in [0.717, 1.165) is 17.1 Å². The molecule has 1 heteroatoms. The molecule has 0 N–H and O–H groups in total. The largest absolute Gasteiger partial charge is 0.310 e. The summed E-state index contributed by atoms with van der Waals surface area (Å²) in [6.45, 7) is 0. The topological polar surface area (TPSA) is 3.24 Å². The molecular formula is C56H37N. The van der Waals surface area contributed by atoms with Crippen molar-refractivity contribution in [3.8, 4) is 33.4 Å². The number of anilines is 3. The molecule has 0 bridgehead atoms. The molecule has 0 aromatic heterocycles. The lowest BCUT2D eigenvalue weighted by Crippen LogP contribution is -2.11. The SMILES string of the molecule is c1ccc(-c2ccccc2N(c2ccc(-c3cccc4ccccc34)cc2)c2ccc3ccc(-c4ccc5ccc6ccc7ccccc7c6c5c4)cc3c2)cc1. The van der Waals surface area contributed by atoms with Gasteiger partial charge in [-0.1, -0.05) is 182 Å². The Morgan fingerprint density at radius 2 is 0.772 bits per heavy atom. The van der Waals surface area contributed by atoms with Gasteiger partial charge in [0.05, 0.1) is 5.69 Å². The van der Waals surface area contributed by atoms with Crippen molar-refractivity contribution < 1.29 is 0 Å². The van der Waals surface area contributed by atoms with E-state index in [-0.39, 0.29) is 0 Å². The monoisotopic (exact) mass is 723 g/mol. The highest BCUT2D eigenvalue weighted by molar-refractivity contribution is 6.20. The molecular weight excluding hydrogens is 687 g/mol. The lowest BCUT2D eigenvalue weighted by Gasteiger charge is -2.28. The average molecular weight is 724 g/mol. The van der Waals surface area contributed by atoms with Crippen LogP contribution in [-0.4, -0.2) is 0 Å². The first kappa shape index (κ1) is 32.9. The van der Waals surface area contributed by atoms with Crippen molar-refractivity contribution in [3.63, 3.8) is 0 Å². The Labute approximate surface area is 332 Å². The van der Waals surface area contributed by atoms with E-state index < -0.39 is 0 Å². The van der Waals surface area contributed by atoms with Crippen LogP contribution in [0, 0.1) is 0 Å². The fourth-order valence-corrected chi connectivity index (χ4v) is 8.78. The normalized spacial score (nSPS) is 11.5. The summed E-state index contributed by atoms with van der Waals surface area (Å²) in [5, 5.41) is 12.6. The molecule has 0 fully saturated rings. The molecule has 266 valence electrons. The maximum Gasteiger partial charge on any atom is 0.0540 e. The van der Waals surface area contributed by atoms with Crippen LogP contribution in [0.25, 0.3) is 87.2 Å². The summed E-state index contributed by atoms with van der Waals surface area (Å²) in [4.78, 5) is 2.41. The summed E-state index contributed by atoms with van der Waals surface area (Å²) in [7, 11) is 0. The molecule has 1 nitrogen and oxygen atoms in total. The van der Waals surface area contributed by atoms with Gasteiger partial charge in [0.25, 0.3) is 0 Å². The number of nitrogens with zero attached hydrogens (tertiary/aromatic N) is 1. The van der Waals surface area contributed by atoms with Crippen LogP contribution in [0.5, 0.6) is 0 Å².